The molecule has 0 aliphatic carbocycles. The topological polar surface area (TPSA) is 112 Å². The summed E-state index contributed by atoms with van der Waals surface area (Å²) in [5.74, 6) is 0.834. The first kappa shape index (κ1) is 35.4. The van der Waals surface area contributed by atoms with Crippen LogP contribution in [-0.4, -0.2) is 31.4 Å². The van der Waals surface area contributed by atoms with Gasteiger partial charge in [0, 0.05) is 21.2 Å². The summed E-state index contributed by atoms with van der Waals surface area (Å²) >= 11 is 4.88. The van der Waals surface area contributed by atoms with Crippen molar-refractivity contribution in [3.8, 4) is 23.3 Å². The zero-order valence-corrected chi connectivity index (χ0v) is 31.4. The maximum atomic E-state index is 14.7. The minimum absolute atomic E-state index is 0.134. The average molecular weight is 787 g/mol. The van der Waals surface area contributed by atoms with Crippen LogP contribution < -0.4 is 29.1 Å². The van der Waals surface area contributed by atoms with E-state index in [2.05, 4.69) is 22.0 Å². The van der Waals surface area contributed by atoms with Crippen LogP contribution in [0.15, 0.2) is 123 Å². The van der Waals surface area contributed by atoms with E-state index in [1.807, 2.05) is 78.9 Å². The number of rotatable bonds is 10. The van der Waals surface area contributed by atoms with Gasteiger partial charge >= 0.3 is 5.97 Å². The molecule has 1 aliphatic heterocycles. The van der Waals surface area contributed by atoms with E-state index in [4.69, 9.17) is 23.9 Å². The lowest BCUT2D eigenvalue weighted by Crippen LogP contribution is -2.40. The lowest BCUT2D eigenvalue weighted by Gasteiger charge is -2.28. The van der Waals surface area contributed by atoms with Crippen molar-refractivity contribution >= 4 is 55.8 Å². The fourth-order valence-electron chi connectivity index (χ4n) is 6.43. The fourth-order valence-corrected chi connectivity index (χ4v) is 7.86. The summed E-state index contributed by atoms with van der Waals surface area (Å²) in [4.78, 5) is 34.2. The molecule has 264 valence electrons. The quantitative estimate of drug-likeness (QED) is 0.134. The summed E-state index contributed by atoms with van der Waals surface area (Å²) in [7, 11) is 3.11. The van der Waals surface area contributed by atoms with Crippen molar-refractivity contribution in [3.63, 3.8) is 0 Å². The number of nitriles is 1. The number of methoxy groups -OCH3 is 2. The van der Waals surface area contributed by atoms with Crippen LogP contribution in [0.1, 0.15) is 40.8 Å². The van der Waals surface area contributed by atoms with Gasteiger partial charge < -0.3 is 18.9 Å². The van der Waals surface area contributed by atoms with Crippen LogP contribution in [0.3, 0.4) is 0 Å². The summed E-state index contributed by atoms with van der Waals surface area (Å²) < 4.78 is 26.0. The van der Waals surface area contributed by atoms with Crippen LogP contribution in [0, 0.1) is 11.3 Å². The largest absolute Gasteiger partial charge is 0.496 e. The first-order chi connectivity index (χ1) is 25.9. The van der Waals surface area contributed by atoms with Gasteiger partial charge in [0.2, 0.25) is 0 Å². The predicted molar refractivity (Wildman–Crippen MR) is 208 cm³/mol. The summed E-state index contributed by atoms with van der Waals surface area (Å²) in [5.41, 5.74) is 3.58. The van der Waals surface area contributed by atoms with Crippen LogP contribution in [0.25, 0.3) is 22.5 Å². The van der Waals surface area contributed by atoms with Crippen LogP contribution in [0.4, 0.5) is 0 Å². The van der Waals surface area contributed by atoms with Gasteiger partial charge in [-0.05, 0) is 53.6 Å². The molecule has 0 radical (unpaired) electrons. The minimum atomic E-state index is -0.936. The molecule has 0 amide bonds. The SMILES string of the molecule is CCOC(=O)C1=C(c2ccccc2)N=c2s/c(=C\c3cc(OC)c(OCc4ccccc4C#N)cc3Br)c(=O)n2[C@H]1c1c(OC)ccc2ccccc12. The van der Waals surface area contributed by atoms with E-state index >= 15 is 0 Å². The molecular weight excluding hydrogens is 754 g/mol. The van der Waals surface area contributed by atoms with Crippen LogP contribution >= 0.6 is 27.3 Å². The number of ether oxygens (including phenoxy) is 4. The molecule has 0 bridgehead atoms. The molecule has 11 heteroatoms. The Labute approximate surface area is 317 Å². The second kappa shape index (κ2) is 15.3. The summed E-state index contributed by atoms with van der Waals surface area (Å²) in [5, 5.41) is 11.2. The first-order valence-corrected chi connectivity index (χ1v) is 18.3. The Kier molecular flexibility index (Phi) is 10.3. The Morgan fingerprint density at radius 1 is 0.943 bits per heavy atom. The first-order valence-electron chi connectivity index (χ1n) is 16.7. The lowest BCUT2D eigenvalue weighted by atomic mass is 9.89. The van der Waals surface area contributed by atoms with Gasteiger partial charge in [-0.15, -0.1) is 0 Å². The predicted octanol–water partition coefficient (Wildman–Crippen LogP) is 7.32. The smallest absolute Gasteiger partial charge is 0.338 e. The molecule has 0 unspecified atom stereocenters. The molecule has 0 saturated carbocycles. The second-order valence-corrected chi connectivity index (χ2v) is 13.8. The zero-order valence-electron chi connectivity index (χ0n) is 29.0. The van der Waals surface area contributed by atoms with E-state index in [0.717, 1.165) is 16.3 Å². The Balaban J connectivity index is 1.44. The fraction of sp³-hybridized carbons (Fsp3) is 0.143. The van der Waals surface area contributed by atoms with Crippen molar-refractivity contribution in [1.82, 2.24) is 4.57 Å². The molecule has 0 N–H and O–H groups in total. The molecule has 1 aliphatic rings. The van der Waals surface area contributed by atoms with E-state index in [1.165, 1.54) is 18.4 Å². The van der Waals surface area contributed by atoms with Crippen molar-refractivity contribution in [1.29, 1.82) is 5.26 Å². The van der Waals surface area contributed by atoms with Crippen molar-refractivity contribution in [3.05, 3.63) is 161 Å². The van der Waals surface area contributed by atoms with Gasteiger partial charge in [0.15, 0.2) is 16.3 Å². The maximum Gasteiger partial charge on any atom is 0.338 e. The van der Waals surface area contributed by atoms with Crippen LogP contribution in [0.2, 0.25) is 0 Å². The van der Waals surface area contributed by atoms with E-state index in [-0.39, 0.29) is 24.3 Å². The summed E-state index contributed by atoms with van der Waals surface area (Å²) in [6, 6.07) is 33.1. The molecule has 2 heterocycles. The molecule has 6 aromatic rings. The molecule has 53 heavy (non-hydrogen) atoms. The van der Waals surface area contributed by atoms with Gasteiger partial charge in [0.05, 0.1) is 48.3 Å². The standard InChI is InChI=1S/C42H32BrN3O6S/c1-4-51-41(48)37-38(26-13-6-5-7-14-26)45-42-46(39(37)36-30-17-11-10-12-25(30)18-19-32(36)49-2)40(47)35(53-42)21-29-20-33(50-3)34(22-31(29)43)52-24-28-16-9-8-15-27(28)23-44/h5-22,39H,4,24H2,1-3H3/b35-21-/t39-/m0/s1. The van der Waals surface area contributed by atoms with Crippen molar-refractivity contribution in [2.75, 3.05) is 20.8 Å². The van der Waals surface area contributed by atoms with E-state index in [0.29, 0.717) is 59.0 Å². The zero-order chi connectivity index (χ0) is 37.1. The molecule has 0 spiro atoms. The van der Waals surface area contributed by atoms with E-state index in [9.17, 15) is 14.9 Å². The Morgan fingerprint density at radius 2 is 1.68 bits per heavy atom. The number of carbonyl (C=O) groups excluding carboxylic acids is 1. The number of fused-ring (bicyclic) bond motifs is 2. The molecule has 7 rings (SSSR count). The molecule has 9 nitrogen and oxygen atoms in total. The molecule has 5 aromatic carbocycles. The third kappa shape index (κ3) is 6.75. The maximum absolute atomic E-state index is 14.7. The number of hydrogen-bond donors (Lipinski definition) is 0. The molecule has 1 atom stereocenters. The van der Waals surface area contributed by atoms with Crippen LogP contribution in [-0.2, 0) is 16.1 Å². The average Bonchev–Trinajstić information content (AvgIpc) is 3.50. The number of benzene rings is 5. The van der Waals surface area contributed by atoms with Gasteiger partial charge in [0.1, 0.15) is 18.4 Å². The number of aromatic nitrogens is 1. The number of hydrogen-bond acceptors (Lipinski definition) is 9. The van der Waals surface area contributed by atoms with Crippen molar-refractivity contribution in [2.45, 2.75) is 19.6 Å². The van der Waals surface area contributed by atoms with E-state index in [1.54, 1.807) is 48.9 Å². The van der Waals surface area contributed by atoms with Gasteiger partial charge in [-0.2, -0.15) is 5.26 Å². The van der Waals surface area contributed by atoms with Crippen molar-refractivity contribution < 1.29 is 23.7 Å². The Morgan fingerprint density at radius 3 is 2.43 bits per heavy atom. The van der Waals surface area contributed by atoms with Gasteiger partial charge in [-0.1, -0.05) is 106 Å². The summed E-state index contributed by atoms with van der Waals surface area (Å²) in [6.07, 6.45) is 1.76. The third-order valence-corrected chi connectivity index (χ3v) is 10.6. The van der Waals surface area contributed by atoms with Gasteiger partial charge in [-0.25, -0.2) is 9.79 Å². The monoisotopic (exact) mass is 785 g/mol. The number of esters is 1. The highest BCUT2D eigenvalue weighted by molar-refractivity contribution is 9.10. The molecule has 0 saturated heterocycles. The van der Waals surface area contributed by atoms with Gasteiger partial charge in [-0.3, -0.25) is 9.36 Å². The number of carbonyl (C=O) groups is 1. The minimum Gasteiger partial charge on any atom is -0.496 e. The molecule has 0 fully saturated rings. The van der Waals surface area contributed by atoms with Crippen LogP contribution in [0.5, 0.6) is 17.2 Å². The third-order valence-electron chi connectivity index (χ3n) is 8.89. The number of halogens is 1. The van der Waals surface area contributed by atoms with E-state index < -0.39 is 12.0 Å². The number of nitrogens with zero attached hydrogens (tertiary/aromatic N) is 3. The van der Waals surface area contributed by atoms with Crippen molar-refractivity contribution in [2.24, 2.45) is 4.99 Å². The Bertz CT molecular complexity index is 2640. The molecule has 1 aromatic heterocycles. The Hall–Kier alpha value is -5.96. The van der Waals surface area contributed by atoms with Gasteiger partial charge in [0.25, 0.3) is 5.56 Å². The lowest BCUT2D eigenvalue weighted by molar-refractivity contribution is -0.138. The normalized spacial score (nSPS) is 13.9. The highest BCUT2D eigenvalue weighted by Gasteiger charge is 2.37. The highest BCUT2D eigenvalue weighted by atomic mass is 79.9. The second-order valence-electron chi connectivity index (χ2n) is 11.9. The molecular formula is C42H32BrN3O6S. The summed E-state index contributed by atoms with van der Waals surface area (Å²) in [6.45, 7) is 2.04. The number of thiazole rings is 1. The highest BCUT2D eigenvalue weighted by Crippen LogP contribution is 2.42.